The Balaban J connectivity index is 1.90. The molecule has 17 heavy (non-hydrogen) atoms. The van der Waals surface area contributed by atoms with E-state index in [1.807, 2.05) is 6.07 Å². The van der Waals surface area contributed by atoms with Gasteiger partial charge in [-0.2, -0.15) is 4.39 Å². The van der Waals surface area contributed by atoms with Gasteiger partial charge in [-0.15, -0.1) is 0 Å². The third-order valence-electron chi connectivity index (χ3n) is 3.99. The van der Waals surface area contributed by atoms with Gasteiger partial charge in [-0.1, -0.05) is 6.08 Å². The normalized spacial score (nSPS) is 28.4. The first kappa shape index (κ1) is 10.9. The highest BCUT2D eigenvalue weighted by Crippen LogP contribution is 2.39. The molecule has 2 aliphatic rings. The fourth-order valence-corrected chi connectivity index (χ4v) is 3.11. The molecule has 90 valence electrons. The Hall–Kier alpha value is -1.22. The zero-order valence-corrected chi connectivity index (χ0v) is 9.82. The van der Waals surface area contributed by atoms with E-state index in [-0.39, 0.29) is 0 Å². The van der Waals surface area contributed by atoms with E-state index in [2.05, 4.69) is 16.4 Å². The van der Waals surface area contributed by atoms with Crippen molar-refractivity contribution in [1.29, 1.82) is 0 Å². The highest BCUT2D eigenvalue weighted by Gasteiger charge is 2.30. The second kappa shape index (κ2) is 4.57. The summed E-state index contributed by atoms with van der Waals surface area (Å²) in [6.45, 7) is 2.18. The topological polar surface area (TPSA) is 24.9 Å². The molecular formula is C14H17FN2. The number of aromatic nitrogens is 1. The molecule has 1 aromatic rings. The lowest BCUT2D eigenvalue weighted by molar-refractivity contribution is 0.285. The minimum Gasteiger partial charge on any atom is -0.316 e. The summed E-state index contributed by atoms with van der Waals surface area (Å²) in [5.74, 6) is 0.981. The van der Waals surface area contributed by atoms with Crippen LogP contribution in [0.1, 0.15) is 24.8 Å². The Kier molecular flexibility index (Phi) is 2.93. The van der Waals surface area contributed by atoms with Gasteiger partial charge in [0.25, 0.3) is 0 Å². The van der Waals surface area contributed by atoms with Crippen LogP contribution < -0.4 is 5.32 Å². The Morgan fingerprint density at radius 3 is 3.06 bits per heavy atom. The summed E-state index contributed by atoms with van der Waals surface area (Å²) >= 11 is 0. The Morgan fingerprint density at radius 2 is 2.24 bits per heavy atom. The van der Waals surface area contributed by atoms with E-state index in [0.717, 1.165) is 31.0 Å². The molecule has 1 aromatic heterocycles. The van der Waals surface area contributed by atoms with Crippen LogP contribution in [-0.2, 0) is 0 Å². The van der Waals surface area contributed by atoms with Crippen molar-refractivity contribution in [3.05, 3.63) is 35.9 Å². The van der Waals surface area contributed by atoms with Crippen molar-refractivity contribution in [3.63, 3.8) is 0 Å². The predicted molar refractivity (Wildman–Crippen MR) is 65.9 cm³/mol. The van der Waals surface area contributed by atoms with Crippen molar-refractivity contribution < 1.29 is 4.39 Å². The average molecular weight is 232 g/mol. The van der Waals surface area contributed by atoms with Gasteiger partial charge in [0.2, 0.25) is 5.95 Å². The summed E-state index contributed by atoms with van der Waals surface area (Å²) in [7, 11) is 0. The fourth-order valence-electron chi connectivity index (χ4n) is 3.11. The van der Waals surface area contributed by atoms with E-state index < -0.39 is 5.95 Å². The van der Waals surface area contributed by atoms with Crippen LogP contribution in [0.3, 0.4) is 0 Å². The lowest BCUT2D eigenvalue weighted by Gasteiger charge is -2.37. The monoisotopic (exact) mass is 232 g/mol. The molecule has 0 amide bonds. The molecule has 0 aromatic carbocycles. The fraction of sp³-hybridized carbons (Fsp3) is 0.500. The molecule has 3 rings (SSSR count). The lowest BCUT2D eigenvalue weighted by Crippen LogP contribution is -2.38. The maximum absolute atomic E-state index is 12.8. The van der Waals surface area contributed by atoms with Crippen LogP contribution in [0, 0.1) is 17.8 Å². The predicted octanol–water partition coefficient (Wildman–Crippen LogP) is 2.62. The minimum atomic E-state index is -0.400. The van der Waals surface area contributed by atoms with Crippen LogP contribution in [0.5, 0.6) is 0 Å². The quantitative estimate of drug-likeness (QED) is 0.753. The molecule has 2 nitrogen and oxygen atoms in total. The Morgan fingerprint density at radius 1 is 1.29 bits per heavy atom. The second-order valence-electron chi connectivity index (χ2n) is 4.97. The number of pyridine rings is 1. The standard InChI is InChI=1S/C14H17FN2/c15-14-5-4-11(8-17-14)12-3-1-2-10-6-7-16-9-13(10)12/h3-5,8,10,13,16H,1-2,6-7,9H2/t10-,13+/m0/s1. The van der Waals surface area contributed by atoms with Gasteiger partial charge in [0, 0.05) is 12.7 Å². The molecule has 1 aliphatic carbocycles. The summed E-state index contributed by atoms with van der Waals surface area (Å²) in [6.07, 6.45) is 7.68. The van der Waals surface area contributed by atoms with Gasteiger partial charge in [-0.3, -0.25) is 0 Å². The highest BCUT2D eigenvalue weighted by atomic mass is 19.1. The zero-order chi connectivity index (χ0) is 11.7. The zero-order valence-electron chi connectivity index (χ0n) is 9.82. The van der Waals surface area contributed by atoms with Crippen LogP contribution in [0.4, 0.5) is 4.39 Å². The molecule has 1 fully saturated rings. The van der Waals surface area contributed by atoms with Crippen LogP contribution in [0.25, 0.3) is 5.57 Å². The molecule has 1 saturated heterocycles. The van der Waals surface area contributed by atoms with Crippen LogP contribution in [-0.4, -0.2) is 18.1 Å². The first-order valence-corrected chi connectivity index (χ1v) is 6.37. The lowest BCUT2D eigenvalue weighted by atomic mass is 9.73. The largest absolute Gasteiger partial charge is 0.316 e. The number of allylic oxidation sites excluding steroid dienone is 1. The summed E-state index contributed by atoms with van der Waals surface area (Å²) in [5.41, 5.74) is 2.45. The number of fused-ring (bicyclic) bond motifs is 1. The third kappa shape index (κ3) is 2.12. The van der Waals surface area contributed by atoms with Crippen LogP contribution >= 0.6 is 0 Å². The van der Waals surface area contributed by atoms with Gasteiger partial charge in [0.05, 0.1) is 0 Å². The number of nitrogens with zero attached hydrogens (tertiary/aromatic N) is 1. The maximum atomic E-state index is 12.8. The first-order chi connectivity index (χ1) is 8.34. The van der Waals surface area contributed by atoms with Crippen molar-refractivity contribution >= 4 is 5.57 Å². The number of hydrogen-bond donors (Lipinski definition) is 1. The van der Waals surface area contributed by atoms with Crippen molar-refractivity contribution in [2.75, 3.05) is 13.1 Å². The molecule has 2 atom stereocenters. The third-order valence-corrected chi connectivity index (χ3v) is 3.99. The number of halogens is 1. The SMILES string of the molecule is Fc1ccc(C2=CCC[C@H]3CCNC[C@@H]23)cn1. The molecule has 1 N–H and O–H groups in total. The molecule has 0 saturated carbocycles. The van der Waals surface area contributed by atoms with Crippen molar-refractivity contribution in [2.24, 2.45) is 11.8 Å². The van der Waals surface area contributed by atoms with Gasteiger partial charge in [-0.25, -0.2) is 4.98 Å². The smallest absolute Gasteiger partial charge is 0.212 e. The number of hydrogen-bond acceptors (Lipinski definition) is 2. The van der Waals surface area contributed by atoms with E-state index in [1.165, 1.54) is 24.5 Å². The van der Waals surface area contributed by atoms with E-state index in [0.29, 0.717) is 5.92 Å². The van der Waals surface area contributed by atoms with Crippen LogP contribution in [0.15, 0.2) is 24.4 Å². The summed E-state index contributed by atoms with van der Waals surface area (Å²) in [6, 6.07) is 3.31. The highest BCUT2D eigenvalue weighted by molar-refractivity contribution is 5.68. The van der Waals surface area contributed by atoms with Crippen LogP contribution in [0.2, 0.25) is 0 Å². The van der Waals surface area contributed by atoms with Gasteiger partial charge >= 0.3 is 0 Å². The average Bonchev–Trinajstić information content (AvgIpc) is 2.39. The van der Waals surface area contributed by atoms with Gasteiger partial charge in [0.1, 0.15) is 0 Å². The first-order valence-electron chi connectivity index (χ1n) is 6.37. The van der Waals surface area contributed by atoms with Gasteiger partial charge in [0.15, 0.2) is 0 Å². The van der Waals surface area contributed by atoms with E-state index in [4.69, 9.17) is 0 Å². The molecule has 0 spiro atoms. The molecule has 0 bridgehead atoms. The van der Waals surface area contributed by atoms with Gasteiger partial charge in [-0.05, 0) is 60.9 Å². The number of nitrogens with one attached hydrogen (secondary N) is 1. The summed E-state index contributed by atoms with van der Waals surface area (Å²) in [4.78, 5) is 3.76. The molecule has 0 unspecified atom stereocenters. The second-order valence-corrected chi connectivity index (χ2v) is 4.97. The Labute approximate surface area is 101 Å². The minimum absolute atomic E-state index is 0.400. The van der Waals surface area contributed by atoms with Crippen molar-refractivity contribution in [2.45, 2.75) is 19.3 Å². The maximum Gasteiger partial charge on any atom is 0.212 e. The Bertz CT molecular complexity index is 424. The van der Waals surface area contributed by atoms with Crippen molar-refractivity contribution in [1.82, 2.24) is 10.3 Å². The molecule has 0 radical (unpaired) electrons. The van der Waals surface area contributed by atoms with E-state index in [9.17, 15) is 4.39 Å². The van der Waals surface area contributed by atoms with Crippen molar-refractivity contribution in [3.8, 4) is 0 Å². The van der Waals surface area contributed by atoms with E-state index >= 15 is 0 Å². The molecule has 2 heterocycles. The molecular weight excluding hydrogens is 215 g/mol. The molecule has 1 aliphatic heterocycles. The molecule has 3 heteroatoms. The number of rotatable bonds is 1. The van der Waals surface area contributed by atoms with Gasteiger partial charge < -0.3 is 5.32 Å². The number of piperidine rings is 1. The summed E-state index contributed by atoms with van der Waals surface area (Å²) in [5, 5.41) is 3.46. The van der Waals surface area contributed by atoms with E-state index in [1.54, 1.807) is 6.20 Å². The summed E-state index contributed by atoms with van der Waals surface area (Å²) < 4.78 is 12.8.